The highest BCUT2D eigenvalue weighted by Gasteiger charge is 1.92. The summed E-state index contributed by atoms with van der Waals surface area (Å²) in [6.45, 7) is 5.47. The van der Waals surface area contributed by atoms with Gasteiger partial charge in [0.25, 0.3) is 0 Å². The molecule has 0 aliphatic rings. The Labute approximate surface area is 104 Å². The molecule has 2 radical (unpaired) electrons. The highest BCUT2D eigenvalue weighted by Crippen LogP contribution is 2.09. The van der Waals surface area contributed by atoms with Crippen LogP contribution in [0, 0.1) is 13.2 Å². The van der Waals surface area contributed by atoms with Crippen LogP contribution in [0.1, 0.15) is 32.1 Å². The van der Waals surface area contributed by atoms with Gasteiger partial charge in [0.1, 0.15) is 0 Å². The Morgan fingerprint density at radius 3 is 2.40 bits per heavy atom. The van der Waals surface area contributed by atoms with E-state index in [1.165, 1.54) is 42.9 Å². The molecule has 0 aliphatic carbocycles. The SMILES string of the molecule is [CH2]CCOCCCCCSCCCS[CH2]. The average molecular weight is 248 g/mol. The molecule has 15 heavy (non-hydrogen) atoms. The monoisotopic (exact) mass is 248 g/mol. The Balaban J connectivity index is 2.81. The predicted octanol–water partition coefficient (Wildman–Crippen LogP) is 4.05. The van der Waals surface area contributed by atoms with Crippen LogP contribution in [0.25, 0.3) is 0 Å². The zero-order valence-corrected chi connectivity index (χ0v) is 11.3. The fraction of sp³-hybridized carbons (Fsp3) is 0.833. The first-order valence-electron chi connectivity index (χ1n) is 5.73. The number of unbranched alkanes of at least 4 members (excludes halogenated alkanes) is 2. The van der Waals surface area contributed by atoms with E-state index in [-0.39, 0.29) is 0 Å². The lowest BCUT2D eigenvalue weighted by Gasteiger charge is -2.03. The van der Waals surface area contributed by atoms with Crippen molar-refractivity contribution in [3.05, 3.63) is 13.2 Å². The van der Waals surface area contributed by atoms with Crippen molar-refractivity contribution in [1.82, 2.24) is 0 Å². The molecule has 0 unspecified atom stereocenters. The highest BCUT2D eigenvalue weighted by molar-refractivity contribution is 8.00. The number of hydrogen-bond donors (Lipinski definition) is 0. The van der Waals surface area contributed by atoms with Gasteiger partial charge in [-0.1, -0.05) is 13.3 Å². The minimum absolute atomic E-state index is 0.817. The van der Waals surface area contributed by atoms with E-state index in [1.54, 1.807) is 11.8 Å². The number of thioether (sulfide) groups is 2. The zero-order valence-electron chi connectivity index (χ0n) is 9.71. The van der Waals surface area contributed by atoms with Crippen LogP contribution in [0.3, 0.4) is 0 Å². The molecule has 0 atom stereocenters. The molecule has 0 bridgehead atoms. The number of hydrogen-bond acceptors (Lipinski definition) is 3. The molecule has 0 N–H and O–H groups in total. The molecular weight excluding hydrogens is 224 g/mol. The van der Waals surface area contributed by atoms with E-state index in [1.807, 2.05) is 0 Å². The van der Waals surface area contributed by atoms with E-state index in [2.05, 4.69) is 24.9 Å². The van der Waals surface area contributed by atoms with E-state index < -0.39 is 0 Å². The zero-order chi connectivity index (χ0) is 11.2. The quantitative estimate of drug-likeness (QED) is 0.482. The van der Waals surface area contributed by atoms with Gasteiger partial charge in [-0.25, -0.2) is 0 Å². The fourth-order valence-electron chi connectivity index (χ4n) is 1.15. The normalized spacial score (nSPS) is 10.8. The smallest absolute Gasteiger partial charge is 0.0466 e. The summed E-state index contributed by atoms with van der Waals surface area (Å²) in [5.74, 6) is 3.80. The standard InChI is InChI=1S/C12H24OS2/c1-3-8-13-9-5-4-6-11-15-12-7-10-14-2/h1-12H2. The Hall–Kier alpha value is 0.660. The minimum Gasteiger partial charge on any atom is -0.381 e. The number of rotatable bonds is 12. The first-order chi connectivity index (χ1) is 7.41. The summed E-state index contributed by atoms with van der Waals surface area (Å²) in [5.41, 5.74) is 0. The summed E-state index contributed by atoms with van der Waals surface area (Å²) in [4.78, 5) is 0. The van der Waals surface area contributed by atoms with Crippen molar-refractivity contribution >= 4 is 23.5 Å². The van der Waals surface area contributed by atoms with Gasteiger partial charge in [-0.05, 0) is 42.9 Å². The number of ether oxygens (including phenoxy) is 1. The van der Waals surface area contributed by atoms with Crippen LogP contribution in [0.15, 0.2) is 0 Å². The summed E-state index contributed by atoms with van der Waals surface area (Å²) in [7, 11) is 0. The maximum atomic E-state index is 5.36. The summed E-state index contributed by atoms with van der Waals surface area (Å²) in [6.07, 6.45) is 9.78. The predicted molar refractivity (Wildman–Crippen MR) is 74.4 cm³/mol. The van der Waals surface area contributed by atoms with E-state index in [9.17, 15) is 0 Å². The van der Waals surface area contributed by atoms with E-state index in [0.29, 0.717) is 0 Å². The maximum Gasteiger partial charge on any atom is 0.0466 e. The largest absolute Gasteiger partial charge is 0.381 e. The molecule has 0 amide bonds. The molecule has 0 heterocycles. The molecule has 0 rings (SSSR count). The molecule has 0 aromatic carbocycles. The summed E-state index contributed by atoms with van der Waals surface area (Å²) in [6, 6.07) is 0. The highest BCUT2D eigenvalue weighted by atomic mass is 32.2. The molecule has 3 heteroatoms. The lowest BCUT2D eigenvalue weighted by atomic mass is 10.3. The Kier molecular flexibility index (Phi) is 15.3. The molecule has 0 aromatic heterocycles. The summed E-state index contributed by atoms with van der Waals surface area (Å²) in [5, 5.41) is 0. The Morgan fingerprint density at radius 1 is 0.867 bits per heavy atom. The van der Waals surface area contributed by atoms with Crippen LogP contribution < -0.4 is 0 Å². The molecule has 0 aromatic rings. The molecule has 0 fully saturated rings. The summed E-state index contributed by atoms with van der Waals surface area (Å²) < 4.78 is 5.36. The Bertz CT molecular complexity index is 97.8. The lowest BCUT2D eigenvalue weighted by molar-refractivity contribution is 0.134. The summed E-state index contributed by atoms with van der Waals surface area (Å²) >= 11 is 3.77. The van der Waals surface area contributed by atoms with Gasteiger partial charge in [0.2, 0.25) is 0 Å². The topological polar surface area (TPSA) is 9.23 Å². The van der Waals surface area contributed by atoms with Crippen molar-refractivity contribution in [3.63, 3.8) is 0 Å². The van der Waals surface area contributed by atoms with Crippen LogP contribution >= 0.6 is 23.5 Å². The van der Waals surface area contributed by atoms with Crippen LogP contribution in [0.5, 0.6) is 0 Å². The van der Waals surface area contributed by atoms with Gasteiger partial charge >= 0.3 is 0 Å². The van der Waals surface area contributed by atoms with Gasteiger partial charge in [-0.2, -0.15) is 23.5 Å². The first-order valence-corrected chi connectivity index (χ1v) is 8.04. The van der Waals surface area contributed by atoms with E-state index >= 15 is 0 Å². The maximum absolute atomic E-state index is 5.36. The van der Waals surface area contributed by atoms with Gasteiger partial charge < -0.3 is 4.74 Å². The Morgan fingerprint density at radius 2 is 1.67 bits per heavy atom. The molecule has 0 saturated carbocycles. The van der Waals surface area contributed by atoms with Crippen molar-refractivity contribution in [2.24, 2.45) is 0 Å². The van der Waals surface area contributed by atoms with Gasteiger partial charge in [0.15, 0.2) is 0 Å². The molecule has 1 nitrogen and oxygen atoms in total. The van der Waals surface area contributed by atoms with Crippen molar-refractivity contribution in [2.45, 2.75) is 32.1 Å². The van der Waals surface area contributed by atoms with Crippen LogP contribution in [0.2, 0.25) is 0 Å². The van der Waals surface area contributed by atoms with Crippen molar-refractivity contribution < 1.29 is 4.74 Å². The molecule has 0 aliphatic heterocycles. The van der Waals surface area contributed by atoms with Gasteiger partial charge in [-0.3, -0.25) is 0 Å². The lowest BCUT2D eigenvalue weighted by Crippen LogP contribution is -1.96. The van der Waals surface area contributed by atoms with Gasteiger partial charge in [0.05, 0.1) is 0 Å². The van der Waals surface area contributed by atoms with Crippen molar-refractivity contribution in [1.29, 1.82) is 0 Å². The fourth-order valence-corrected chi connectivity index (χ4v) is 2.65. The third-order valence-corrected chi connectivity index (χ3v) is 3.68. The second kappa shape index (κ2) is 14.7. The molecule has 0 spiro atoms. The average Bonchev–Trinajstić information content (AvgIpc) is 2.26. The first kappa shape index (κ1) is 15.7. The second-order valence-electron chi connectivity index (χ2n) is 3.40. The van der Waals surface area contributed by atoms with E-state index in [0.717, 1.165) is 19.6 Å². The molecule has 0 saturated heterocycles. The second-order valence-corrected chi connectivity index (χ2v) is 5.44. The molecular formula is C12H24OS2. The van der Waals surface area contributed by atoms with Gasteiger partial charge in [0, 0.05) is 19.5 Å². The van der Waals surface area contributed by atoms with Gasteiger partial charge in [-0.15, -0.1) is 0 Å². The van der Waals surface area contributed by atoms with E-state index in [4.69, 9.17) is 4.74 Å². The van der Waals surface area contributed by atoms with Crippen LogP contribution in [-0.4, -0.2) is 30.5 Å². The molecule has 90 valence electrons. The van der Waals surface area contributed by atoms with Crippen LogP contribution in [0.4, 0.5) is 0 Å². The van der Waals surface area contributed by atoms with Crippen molar-refractivity contribution in [3.8, 4) is 0 Å². The van der Waals surface area contributed by atoms with Crippen molar-refractivity contribution in [2.75, 3.05) is 30.5 Å². The third-order valence-electron chi connectivity index (χ3n) is 1.94. The minimum atomic E-state index is 0.817. The third kappa shape index (κ3) is 14.7. The van der Waals surface area contributed by atoms with Crippen LogP contribution in [-0.2, 0) is 4.74 Å².